The molecule has 0 heterocycles. The van der Waals surface area contributed by atoms with E-state index in [1.165, 1.54) is 18.9 Å². The molecule has 150 valence electrons. The van der Waals surface area contributed by atoms with E-state index in [1.807, 2.05) is 0 Å². The molecule has 0 saturated heterocycles. The van der Waals surface area contributed by atoms with E-state index in [1.54, 1.807) is 6.92 Å². The van der Waals surface area contributed by atoms with Crippen LogP contribution in [0.25, 0.3) is 0 Å². The Bertz CT molecular complexity index is 660. The lowest BCUT2D eigenvalue weighted by molar-refractivity contribution is -0.145. The van der Waals surface area contributed by atoms with Gasteiger partial charge in [-0.2, -0.15) is 13.2 Å². The van der Waals surface area contributed by atoms with Gasteiger partial charge >= 0.3 is 12.1 Å². The number of hydrogen-bond donors (Lipinski definition) is 1. The summed E-state index contributed by atoms with van der Waals surface area (Å²) < 4.78 is 42.7. The van der Waals surface area contributed by atoms with Gasteiger partial charge in [0.05, 0.1) is 18.6 Å². The normalized spacial score (nSPS) is 12.2. The van der Waals surface area contributed by atoms with Crippen molar-refractivity contribution in [1.29, 1.82) is 0 Å². The van der Waals surface area contributed by atoms with Crippen LogP contribution >= 0.6 is 0 Å². The Balaban J connectivity index is 2.89. The first-order chi connectivity index (χ1) is 12.6. The van der Waals surface area contributed by atoms with Gasteiger partial charge in [-0.05, 0) is 30.7 Å². The Morgan fingerprint density at radius 3 is 2.26 bits per heavy atom. The van der Waals surface area contributed by atoms with Gasteiger partial charge in [0, 0.05) is 32.1 Å². The SMILES string of the molecule is COC(=O)C(C)CN(CCCNC(C)=O)C(=O)c1ccc(C(F)(F)F)cc1. The third kappa shape index (κ3) is 7.28. The molecule has 0 aliphatic heterocycles. The third-order valence-electron chi connectivity index (χ3n) is 3.82. The zero-order valence-corrected chi connectivity index (χ0v) is 15.4. The summed E-state index contributed by atoms with van der Waals surface area (Å²) in [4.78, 5) is 36.6. The Labute approximate surface area is 155 Å². The van der Waals surface area contributed by atoms with Crippen LogP contribution in [0.4, 0.5) is 13.2 Å². The van der Waals surface area contributed by atoms with Gasteiger partial charge in [-0.25, -0.2) is 0 Å². The topological polar surface area (TPSA) is 75.7 Å². The summed E-state index contributed by atoms with van der Waals surface area (Å²) in [6, 6.07) is 3.89. The second-order valence-corrected chi connectivity index (χ2v) is 6.09. The third-order valence-corrected chi connectivity index (χ3v) is 3.82. The molecule has 2 amide bonds. The van der Waals surface area contributed by atoms with Crippen molar-refractivity contribution in [2.75, 3.05) is 26.7 Å². The zero-order valence-electron chi connectivity index (χ0n) is 15.4. The highest BCUT2D eigenvalue weighted by Gasteiger charge is 2.30. The molecule has 9 heteroatoms. The van der Waals surface area contributed by atoms with Gasteiger partial charge in [-0.3, -0.25) is 14.4 Å². The van der Waals surface area contributed by atoms with Crippen LogP contribution in [-0.4, -0.2) is 49.4 Å². The molecule has 27 heavy (non-hydrogen) atoms. The molecule has 0 aliphatic rings. The lowest BCUT2D eigenvalue weighted by Crippen LogP contribution is -2.39. The number of halogens is 3. The van der Waals surface area contributed by atoms with Crippen LogP contribution in [0, 0.1) is 5.92 Å². The van der Waals surface area contributed by atoms with Crippen LogP contribution in [0.5, 0.6) is 0 Å². The maximum absolute atomic E-state index is 12.7. The minimum Gasteiger partial charge on any atom is -0.469 e. The van der Waals surface area contributed by atoms with Gasteiger partial charge in [-0.1, -0.05) is 6.92 Å². The van der Waals surface area contributed by atoms with E-state index in [9.17, 15) is 27.6 Å². The smallest absolute Gasteiger partial charge is 0.416 e. The molecular formula is C18H23F3N2O4. The molecule has 1 atom stereocenters. The number of carbonyl (C=O) groups is 3. The molecule has 0 radical (unpaired) electrons. The monoisotopic (exact) mass is 388 g/mol. The van der Waals surface area contributed by atoms with Crippen molar-refractivity contribution in [2.24, 2.45) is 5.92 Å². The highest BCUT2D eigenvalue weighted by molar-refractivity contribution is 5.94. The summed E-state index contributed by atoms with van der Waals surface area (Å²) in [5.41, 5.74) is -0.765. The molecule has 1 unspecified atom stereocenters. The highest BCUT2D eigenvalue weighted by atomic mass is 19.4. The number of hydrogen-bond acceptors (Lipinski definition) is 4. The van der Waals surface area contributed by atoms with Crippen molar-refractivity contribution in [3.63, 3.8) is 0 Å². The molecule has 0 fully saturated rings. The first-order valence-corrected chi connectivity index (χ1v) is 8.35. The van der Waals surface area contributed by atoms with E-state index < -0.39 is 29.5 Å². The number of nitrogens with zero attached hydrogens (tertiary/aromatic N) is 1. The van der Waals surface area contributed by atoms with E-state index in [-0.39, 0.29) is 24.6 Å². The number of nitrogens with one attached hydrogen (secondary N) is 1. The predicted molar refractivity (Wildman–Crippen MR) is 91.8 cm³/mol. The summed E-state index contributed by atoms with van der Waals surface area (Å²) in [6.07, 6.45) is -4.06. The Kier molecular flexibility index (Phi) is 8.27. The number of carbonyl (C=O) groups excluding carboxylic acids is 3. The van der Waals surface area contributed by atoms with Crippen molar-refractivity contribution >= 4 is 17.8 Å². The number of esters is 1. The standard InChI is InChI=1S/C18H23F3N2O4/c1-12(17(26)27-3)11-23(10-4-9-22-13(2)24)16(25)14-5-7-15(8-6-14)18(19,20)21/h5-8,12H,4,9-11H2,1-3H3,(H,22,24). The number of methoxy groups -OCH3 is 1. The lowest BCUT2D eigenvalue weighted by Gasteiger charge is -2.25. The number of alkyl halides is 3. The van der Waals surface area contributed by atoms with E-state index in [2.05, 4.69) is 10.1 Å². The molecule has 0 saturated carbocycles. The average Bonchev–Trinajstić information content (AvgIpc) is 2.61. The fourth-order valence-electron chi connectivity index (χ4n) is 2.40. The Hall–Kier alpha value is -2.58. The van der Waals surface area contributed by atoms with E-state index in [0.29, 0.717) is 13.0 Å². The maximum atomic E-state index is 12.7. The molecule has 0 bridgehead atoms. The molecule has 1 aromatic rings. The molecule has 1 aromatic carbocycles. The van der Waals surface area contributed by atoms with Crippen LogP contribution in [0.2, 0.25) is 0 Å². The van der Waals surface area contributed by atoms with Crippen molar-refractivity contribution < 1.29 is 32.3 Å². The van der Waals surface area contributed by atoms with Crippen molar-refractivity contribution in [1.82, 2.24) is 10.2 Å². The molecule has 1 rings (SSSR count). The summed E-state index contributed by atoms with van der Waals surface area (Å²) in [5, 5.41) is 2.60. The average molecular weight is 388 g/mol. The zero-order chi connectivity index (χ0) is 20.6. The van der Waals surface area contributed by atoms with Gasteiger partial charge in [0.25, 0.3) is 5.91 Å². The van der Waals surface area contributed by atoms with Crippen molar-refractivity contribution in [3.8, 4) is 0 Å². The summed E-state index contributed by atoms with van der Waals surface area (Å²) in [6.45, 7) is 3.56. The van der Waals surface area contributed by atoms with E-state index in [4.69, 9.17) is 0 Å². The first-order valence-electron chi connectivity index (χ1n) is 8.35. The van der Waals surface area contributed by atoms with Crippen molar-refractivity contribution in [3.05, 3.63) is 35.4 Å². The van der Waals surface area contributed by atoms with Gasteiger partial charge in [0.15, 0.2) is 0 Å². The predicted octanol–water partition coefficient (Wildman–Crippen LogP) is 2.48. The number of rotatable bonds is 8. The van der Waals surface area contributed by atoms with Crippen LogP contribution in [0.3, 0.4) is 0 Å². The molecule has 6 nitrogen and oxygen atoms in total. The van der Waals surface area contributed by atoms with Crippen molar-refractivity contribution in [2.45, 2.75) is 26.4 Å². The van der Waals surface area contributed by atoms with Gasteiger partial charge in [-0.15, -0.1) is 0 Å². The summed E-state index contributed by atoms with van der Waals surface area (Å²) >= 11 is 0. The molecule has 0 spiro atoms. The van der Waals surface area contributed by atoms with E-state index >= 15 is 0 Å². The Morgan fingerprint density at radius 1 is 1.19 bits per heavy atom. The van der Waals surface area contributed by atoms with Crippen LogP contribution in [-0.2, 0) is 20.5 Å². The fraction of sp³-hybridized carbons (Fsp3) is 0.500. The van der Waals surface area contributed by atoms with Crippen LogP contribution < -0.4 is 5.32 Å². The fourth-order valence-corrected chi connectivity index (χ4v) is 2.40. The quantitative estimate of drug-likeness (QED) is 0.548. The minimum atomic E-state index is -4.49. The molecule has 0 aliphatic carbocycles. The molecule has 1 N–H and O–H groups in total. The number of ether oxygens (including phenoxy) is 1. The lowest BCUT2D eigenvalue weighted by atomic mass is 10.1. The van der Waals surface area contributed by atoms with Crippen LogP contribution in [0.15, 0.2) is 24.3 Å². The highest BCUT2D eigenvalue weighted by Crippen LogP contribution is 2.29. The Morgan fingerprint density at radius 2 is 1.78 bits per heavy atom. The molecular weight excluding hydrogens is 365 g/mol. The number of benzene rings is 1. The largest absolute Gasteiger partial charge is 0.469 e. The maximum Gasteiger partial charge on any atom is 0.416 e. The van der Waals surface area contributed by atoms with Gasteiger partial charge in [0.2, 0.25) is 5.91 Å². The van der Waals surface area contributed by atoms with Gasteiger partial charge in [0.1, 0.15) is 0 Å². The molecule has 0 aromatic heterocycles. The van der Waals surface area contributed by atoms with E-state index in [0.717, 1.165) is 24.3 Å². The second kappa shape index (κ2) is 9.94. The minimum absolute atomic E-state index is 0.0482. The van der Waals surface area contributed by atoms with Gasteiger partial charge < -0.3 is 15.0 Å². The van der Waals surface area contributed by atoms with Crippen LogP contribution in [0.1, 0.15) is 36.2 Å². The first kappa shape index (κ1) is 22.5. The summed E-state index contributed by atoms with van der Waals surface area (Å²) in [5.74, 6) is -1.81. The summed E-state index contributed by atoms with van der Waals surface area (Å²) in [7, 11) is 1.23. The number of amides is 2. The second-order valence-electron chi connectivity index (χ2n) is 6.09.